The van der Waals surface area contributed by atoms with Crippen molar-refractivity contribution >= 4 is 18.1 Å². The van der Waals surface area contributed by atoms with Gasteiger partial charge in [0.05, 0.1) is 11.5 Å². The number of carboxylic acid groups (broad SMARTS) is 1. The van der Waals surface area contributed by atoms with Crippen LogP contribution < -0.4 is 10.6 Å². The van der Waals surface area contributed by atoms with Gasteiger partial charge in [-0.25, -0.2) is 4.98 Å². The summed E-state index contributed by atoms with van der Waals surface area (Å²) in [6.45, 7) is 4.44. The number of benzene rings is 2. The van der Waals surface area contributed by atoms with Gasteiger partial charge in [0.1, 0.15) is 18.1 Å². The van der Waals surface area contributed by atoms with Crippen molar-refractivity contribution in [3.8, 4) is 22.8 Å². The molecule has 5 rings (SSSR count). The number of aliphatic carboxylic acids is 1. The van der Waals surface area contributed by atoms with Gasteiger partial charge in [0, 0.05) is 35.9 Å². The van der Waals surface area contributed by atoms with E-state index in [4.69, 9.17) is 24.0 Å². The fourth-order valence-corrected chi connectivity index (χ4v) is 3.83. The van der Waals surface area contributed by atoms with Crippen LogP contribution in [0, 0.1) is 0 Å². The second-order valence-corrected chi connectivity index (χ2v) is 8.23. The number of nitrogens with zero attached hydrogens (tertiary/aromatic N) is 3. The number of aromatic nitrogens is 3. The first-order valence-electron chi connectivity index (χ1n) is 11.9. The molecule has 0 radical (unpaired) electrons. The van der Waals surface area contributed by atoms with Crippen LogP contribution in [0.2, 0.25) is 0 Å². The zero-order valence-electron chi connectivity index (χ0n) is 20.4. The van der Waals surface area contributed by atoms with Crippen molar-refractivity contribution in [3.63, 3.8) is 0 Å². The Morgan fingerprint density at radius 1 is 1.06 bits per heavy atom. The molecule has 2 aromatic carbocycles. The SMILES string of the molecule is CC(=O)O.CCCn1ncc2c1=CC(OCc1nc(-c3ccccc3)oc1-c1ccccc1)=CCC=2. The van der Waals surface area contributed by atoms with Crippen molar-refractivity contribution < 1.29 is 19.1 Å². The van der Waals surface area contributed by atoms with Gasteiger partial charge < -0.3 is 14.3 Å². The van der Waals surface area contributed by atoms with E-state index < -0.39 is 5.97 Å². The standard InChI is InChI=1S/C27H25N3O2.C2H4O2/c1-2-16-30-25-17-23(15-9-14-22(25)18-28-30)31-19-24-26(20-10-5-3-6-11-20)32-27(29-24)21-12-7-4-8-13-21;1-2(3)4/h3-8,10-15,17-18H,2,9,16,19H2,1H3;1H3,(H,3,4). The lowest BCUT2D eigenvalue weighted by molar-refractivity contribution is -0.134. The molecule has 4 aromatic rings. The summed E-state index contributed by atoms with van der Waals surface area (Å²) in [5, 5.41) is 14.2. The van der Waals surface area contributed by atoms with Gasteiger partial charge in [0.2, 0.25) is 5.89 Å². The Morgan fingerprint density at radius 2 is 1.72 bits per heavy atom. The maximum atomic E-state index is 9.00. The van der Waals surface area contributed by atoms with E-state index in [-0.39, 0.29) is 0 Å². The smallest absolute Gasteiger partial charge is 0.300 e. The molecule has 0 bridgehead atoms. The van der Waals surface area contributed by atoms with Crippen molar-refractivity contribution in [2.45, 2.75) is 39.8 Å². The molecule has 1 N–H and O–H groups in total. The maximum absolute atomic E-state index is 9.00. The second-order valence-electron chi connectivity index (χ2n) is 8.23. The maximum Gasteiger partial charge on any atom is 0.300 e. The molecule has 0 unspecified atom stereocenters. The summed E-state index contributed by atoms with van der Waals surface area (Å²) in [5.74, 6) is 1.32. The third kappa shape index (κ3) is 6.18. The summed E-state index contributed by atoms with van der Waals surface area (Å²) in [6, 6.07) is 20.0. The van der Waals surface area contributed by atoms with Gasteiger partial charge in [-0.2, -0.15) is 5.10 Å². The summed E-state index contributed by atoms with van der Waals surface area (Å²) in [6.07, 6.45) is 10.1. The number of rotatable bonds is 7. The predicted octanol–water partition coefficient (Wildman–Crippen LogP) is 4.77. The first kappa shape index (κ1) is 24.7. The molecule has 184 valence electrons. The van der Waals surface area contributed by atoms with E-state index in [2.05, 4.69) is 30.3 Å². The van der Waals surface area contributed by atoms with Gasteiger partial charge in [-0.3, -0.25) is 9.48 Å². The molecule has 1 aliphatic carbocycles. The van der Waals surface area contributed by atoms with Crippen LogP contribution >= 0.6 is 0 Å². The van der Waals surface area contributed by atoms with E-state index in [1.165, 1.54) is 0 Å². The lowest BCUT2D eigenvalue weighted by atomic mass is 10.1. The highest BCUT2D eigenvalue weighted by atomic mass is 16.5. The normalized spacial score (nSPS) is 12.1. The Morgan fingerprint density at radius 3 is 2.39 bits per heavy atom. The molecule has 1 aliphatic rings. The highest BCUT2D eigenvalue weighted by Crippen LogP contribution is 2.30. The van der Waals surface area contributed by atoms with E-state index in [1.54, 1.807) is 0 Å². The molecule has 7 heteroatoms. The average molecular weight is 484 g/mol. The van der Waals surface area contributed by atoms with Crippen molar-refractivity contribution in [2.24, 2.45) is 0 Å². The largest absolute Gasteiger partial charge is 0.487 e. The molecule has 0 saturated heterocycles. The fourth-order valence-electron chi connectivity index (χ4n) is 3.83. The molecule has 0 atom stereocenters. The minimum Gasteiger partial charge on any atom is -0.487 e. The van der Waals surface area contributed by atoms with Crippen LogP contribution in [0.1, 0.15) is 32.4 Å². The fraction of sp³-hybridized carbons (Fsp3) is 0.207. The molecule has 0 aliphatic heterocycles. The molecular formula is C29H29N3O4. The summed E-state index contributed by atoms with van der Waals surface area (Å²) in [5.41, 5.74) is 2.70. The molecular weight excluding hydrogens is 454 g/mol. The second kappa shape index (κ2) is 11.8. The zero-order chi connectivity index (χ0) is 25.3. The van der Waals surface area contributed by atoms with E-state index in [9.17, 15) is 0 Å². The first-order valence-corrected chi connectivity index (χ1v) is 11.9. The number of oxazole rings is 1. The quantitative estimate of drug-likeness (QED) is 0.407. The van der Waals surface area contributed by atoms with Crippen molar-refractivity contribution in [2.75, 3.05) is 0 Å². The van der Waals surface area contributed by atoms with Crippen LogP contribution in [0.4, 0.5) is 0 Å². The summed E-state index contributed by atoms with van der Waals surface area (Å²) >= 11 is 0. The Labute approximate surface area is 209 Å². The number of hydrogen-bond acceptors (Lipinski definition) is 5. The van der Waals surface area contributed by atoms with Crippen LogP contribution in [-0.4, -0.2) is 25.8 Å². The minimum absolute atomic E-state index is 0.320. The number of ether oxygens (including phenoxy) is 1. The minimum atomic E-state index is -0.833. The number of carbonyl (C=O) groups is 1. The Kier molecular flexibility index (Phi) is 8.13. The van der Waals surface area contributed by atoms with Crippen LogP contribution in [0.5, 0.6) is 0 Å². The van der Waals surface area contributed by atoms with E-state index in [0.717, 1.165) is 65.2 Å². The van der Waals surface area contributed by atoms with Crippen LogP contribution in [-0.2, 0) is 22.7 Å². The Bertz CT molecular complexity index is 1450. The summed E-state index contributed by atoms with van der Waals surface area (Å²) in [4.78, 5) is 13.8. The first-order chi connectivity index (χ1) is 17.5. The number of allylic oxidation sites excluding steroid dienone is 2. The van der Waals surface area contributed by atoms with Crippen LogP contribution in [0.3, 0.4) is 0 Å². The Balaban J connectivity index is 0.000000709. The monoisotopic (exact) mass is 483 g/mol. The molecule has 2 heterocycles. The molecule has 0 spiro atoms. The number of hydrogen-bond donors (Lipinski definition) is 1. The van der Waals surface area contributed by atoms with E-state index in [1.807, 2.05) is 71.5 Å². The topological polar surface area (TPSA) is 90.4 Å². The third-order valence-corrected chi connectivity index (χ3v) is 5.41. The van der Waals surface area contributed by atoms with E-state index in [0.29, 0.717) is 12.5 Å². The molecule has 0 amide bonds. The van der Waals surface area contributed by atoms with E-state index >= 15 is 0 Å². The summed E-state index contributed by atoms with van der Waals surface area (Å²) in [7, 11) is 0. The number of carboxylic acids is 1. The predicted molar refractivity (Wildman–Crippen MR) is 139 cm³/mol. The van der Waals surface area contributed by atoms with Gasteiger partial charge in [-0.15, -0.1) is 0 Å². The third-order valence-electron chi connectivity index (χ3n) is 5.41. The summed E-state index contributed by atoms with van der Waals surface area (Å²) < 4.78 is 14.5. The molecule has 2 aromatic heterocycles. The zero-order valence-corrected chi connectivity index (χ0v) is 20.4. The van der Waals surface area contributed by atoms with Crippen LogP contribution in [0.25, 0.3) is 34.9 Å². The molecule has 7 nitrogen and oxygen atoms in total. The van der Waals surface area contributed by atoms with Crippen molar-refractivity contribution in [1.29, 1.82) is 0 Å². The van der Waals surface area contributed by atoms with Gasteiger partial charge in [-0.05, 0) is 31.1 Å². The van der Waals surface area contributed by atoms with Gasteiger partial charge in [0.25, 0.3) is 5.97 Å². The van der Waals surface area contributed by atoms with Crippen molar-refractivity contribution in [3.05, 3.63) is 95.0 Å². The van der Waals surface area contributed by atoms with Gasteiger partial charge in [0.15, 0.2) is 5.76 Å². The highest BCUT2D eigenvalue weighted by molar-refractivity contribution is 5.64. The van der Waals surface area contributed by atoms with Crippen LogP contribution in [0.15, 0.2) is 83.1 Å². The van der Waals surface area contributed by atoms with Gasteiger partial charge in [-0.1, -0.05) is 61.5 Å². The lowest BCUT2D eigenvalue weighted by Gasteiger charge is -2.07. The molecule has 0 saturated carbocycles. The lowest BCUT2D eigenvalue weighted by Crippen LogP contribution is -2.29. The molecule has 0 fully saturated rings. The molecule has 36 heavy (non-hydrogen) atoms. The number of aryl methyl sites for hydroxylation is 1. The average Bonchev–Trinajstić information content (AvgIpc) is 3.41. The van der Waals surface area contributed by atoms with Gasteiger partial charge >= 0.3 is 0 Å². The Hall–Kier alpha value is -4.39. The highest BCUT2D eigenvalue weighted by Gasteiger charge is 2.17. The van der Waals surface area contributed by atoms with Crippen molar-refractivity contribution in [1.82, 2.24) is 14.8 Å². The number of fused-ring (bicyclic) bond motifs is 1.